The van der Waals surface area contributed by atoms with E-state index in [0.717, 1.165) is 23.7 Å². The molecule has 4 nitrogen and oxygen atoms in total. The first kappa shape index (κ1) is 14.0. The molecule has 6 atom stereocenters. The molecule has 3 aliphatic rings. The van der Waals surface area contributed by atoms with E-state index in [4.69, 9.17) is 4.42 Å². The Hall–Kier alpha value is -1.58. The average molecular weight is 301 g/mol. The highest BCUT2D eigenvalue weighted by Crippen LogP contribution is 2.58. The SMILES string of the molecule is C[C@H](NC(=O)c1ccc(=O)oc1)[C@H]1[C@H]2CC[C@@H]3C[C@@H](C2)C[C@H]31. The summed E-state index contributed by atoms with van der Waals surface area (Å²) in [5, 5.41) is 3.15. The monoisotopic (exact) mass is 301 g/mol. The van der Waals surface area contributed by atoms with E-state index in [9.17, 15) is 9.59 Å². The Bertz CT molecular complexity index is 617. The smallest absolute Gasteiger partial charge is 0.335 e. The third-order valence-corrected chi connectivity index (χ3v) is 6.33. The van der Waals surface area contributed by atoms with Gasteiger partial charge in [-0.25, -0.2) is 4.79 Å². The molecule has 3 bridgehead atoms. The Morgan fingerprint density at radius 3 is 2.77 bits per heavy atom. The van der Waals surface area contributed by atoms with Crippen molar-refractivity contribution in [2.24, 2.45) is 29.6 Å². The van der Waals surface area contributed by atoms with Crippen LogP contribution < -0.4 is 10.9 Å². The molecule has 0 radical (unpaired) electrons. The molecule has 0 saturated heterocycles. The van der Waals surface area contributed by atoms with Gasteiger partial charge >= 0.3 is 5.63 Å². The first-order chi connectivity index (χ1) is 10.6. The van der Waals surface area contributed by atoms with Crippen LogP contribution in [0.15, 0.2) is 27.6 Å². The van der Waals surface area contributed by atoms with Crippen molar-refractivity contribution < 1.29 is 9.21 Å². The Labute approximate surface area is 130 Å². The quantitative estimate of drug-likeness (QED) is 0.934. The molecule has 0 spiro atoms. The van der Waals surface area contributed by atoms with Crippen molar-refractivity contribution in [1.29, 1.82) is 0 Å². The first-order valence-electron chi connectivity index (χ1n) is 8.51. The molecular formula is C18H23NO3. The lowest BCUT2D eigenvalue weighted by molar-refractivity contribution is 0.0518. The van der Waals surface area contributed by atoms with Gasteiger partial charge in [0.05, 0.1) is 5.56 Å². The summed E-state index contributed by atoms with van der Waals surface area (Å²) in [7, 11) is 0. The summed E-state index contributed by atoms with van der Waals surface area (Å²) in [4.78, 5) is 23.3. The minimum absolute atomic E-state index is 0.132. The Balaban J connectivity index is 1.48. The van der Waals surface area contributed by atoms with Gasteiger partial charge in [0.1, 0.15) is 6.26 Å². The second-order valence-corrected chi connectivity index (χ2v) is 7.52. The third kappa shape index (κ3) is 2.29. The largest absolute Gasteiger partial charge is 0.430 e. The highest BCUT2D eigenvalue weighted by molar-refractivity contribution is 5.93. The van der Waals surface area contributed by atoms with E-state index in [1.54, 1.807) is 0 Å². The molecule has 1 aromatic rings. The molecule has 1 N–H and O–H groups in total. The second kappa shape index (κ2) is 5.25. The van der Waals surface area contributed by atoms with E-state index >= 15 is 0 Å². The van der Waals surface area contributed by atoms with Crippen LogP contribution in [0.25, 0.3) is 0 Å². The van der Waals surface area contributed by atoms with Gasteiger partial charge in [0.2, 0.25) is 0 Å². The zero-order valence-corrected chi connectivity index (χ0v) is 13.0. The molecule has 0 aliphatic heterocycles. The van der Waals surface area contributed by atoms with Crippen molar-refractivity contribution in [2.75, 3.05) is 0 Å². The molecule has 0 unspecified atom stereocenters. The Morgan fingerprint density at radius 2 is 2.00 bits per heavy atom. The van der Waals surface area contributed by atoms with Gasteiger partial charge in [0.25, 0.3) is 5.91 Å². The fourth-order valence-corrected chi connectivity index (χ4v) is 5.60. The van der Waals surface area contributed by atoms with Gasteiger partial charge in [0.15, 0.2) is 0 Å². The summed E-state index contributed by atoms with van der Waals surface area (Å²) in [5.41, 5.74) is 0.00269. The number of rotatable bonds is 3. The van der Waals surface area contributed by atoms with E-state index in [-0.39, 0.29) is 11.9 Å². The normalized spacial score (nSPS) is 37.0. The summed E-state index contributed by atoms with van der Waals surface area (Å²) >= 11 is 0. The van der Waals surface area contributed by atoms with Crippen LogP contribution in [0.5, 0.6) is 0 Å². The molecule has 22 heavy (non-hydrogen) atoms. The number of fused-ring (bicyclic) bond motifs is 2. The molecule has 1 amide bonds. The predicted octanol–water partition coefficient (Wildman–Crippen LogP) is 2.83. The summed E-state index contributed by atoms with van der Waals surface area (Å²) < 4.78 is 4.79. The van der Waals surface area contributed by atoms with E-state index in [1.165, 1.54) is 50.5 Å². The molecule has 4 rings (SSSR count). The van der Waals surface area contributed by atoms with Gasteiger partial charge < -0.3 is 9.73 Å². The van der Waals surface area contributed by atoms with Crippen molar-refractivity contribution in [2.45, 2.75) is 45.1 Å². The van der Waals surface area contributed by atoms with Gasteiger partial charge in [-0.05, 0) is 74.7 Å². The lowest BCUT2D eigenvalue weighted by Crippen LogP contribution is -2.48. The van der Waals surface area contributed by atoms with Crippen LogP contribution in [0.1, 0.15) is 49.4 Å². The van der Waals surface area contributed by atoms with Crippen molar-refractivity contribution in [1.82, 2.24) is 5.32 Å². The van der Waals surface area contributed by atoms with Crippen molar-refractivity contribution >= 4 is 5.91 Å². The van der Waals surface area contributed by atoms with Gasteiger partial charge in [-0.2, -0.15) is 0 Å². The van der Waals surface area contributed by atoms with Crippen molar-refractivity contribution in [3.63, 3.8) is 0 Å². The maximum Gasteiger partial charge on any atom is 0.335 e. The van der Waals surface area contributed by atoms with E-state index in [1.807, 2.05) is 0 Å². The van der Waals surface area contributed by atoms with E-state index in [2.05, 4.69) is 12.2 Å². The topological polar surface area (TPSA) is 59.3 Å². The lowest BCUT2D eigenvalue weighted by atomic mass is 9.62. The minimum atomic E-state index is -0.425. The first-order valence-corrected chi connectivity index (χ1v) is 8.51. The zero-order valence-electron chi connectivity index (χ0n) is 13.0. The second-order valence-electron chi connectivity index (χ2n) is 7.52. The maximum absolute atomic E-state index is 12.3. The third-order valence-electron chi connectivity index (χ3n) is 6.33. The van der Waals surface area contributed by atoms with Crippen LogP contribution in [0.4, 0.5) is 0 Å². The zero-order chi connectivity index (χ0) is 15.3. The number of hydrogen-bond donors (Lipinski definition) is 1. The van der Waals surface area contributed by atoms with Gasteiger partial charge in [-0.1, -0.05) is 0 Å². The number of amides is 1. The summed E-state index contributed by atoms with van der Waals surface area (Å²) in [6.45, 7) is 2.15. The number of hydrogen-bond acceptors (Lipinski definition) is 3. The van der Waals surface area contributed by atoms with Crippen LogP contribution in [-0.4, -0.2) is 11.9 Å². The fraction of sp³-hybridized carbons (Fsp3) is 0.667. The summed E-state index contributed by atoms with van der Waals surface area (Å²) in [6.07, 6.45) is 8.13. The van der Waals surface area contributed by atoms with E-state index < -0.39 is 5.63 Å². The maximum atomic E-state index is 12.3. The van der Waals surface area contributed by atoms with Gasteiger partial charge in [-0.15, -0.1) is 0 Å². The molecular weight excluding hydrogens is 278 g/mol. The number of carbonyl (C=O) groups excluding carboxylic acids is 1. The molecule has 0 aromatic carbocycles. The van der Waals surface area contributed by atoms with Crippen LogP contribution in [0.2, 0.25) is 0 Å². The number of carbonyl (C=O) groups is 1. The van der Waals surface area contributed by atoms with Crippen molar-refractivity contribution in [3.8, 4) is 0 Å². The van der Waals surface area contributed by atoms with Crippen LogP contribution in [0, 0.1) is 29.6 Å². The Morgan fingerprint density at radius 1 is 1.23 bits per heavy atom. The number of nitrogens with one attached hydrogen (secondary N) is 1. The lowest BCUT2D eigenvalue weighted by Gasteiger charge is -2.45. The molecule has 3 aliphatic carbocycles. The molecule has 1 heterocycles. The fourth-order valence-electron chi connectivity index (χ4n) is 5.60. The van der Waals surface area contributed by atoms with Crippen LogP contribution >= 0.6 is 0 Å². The molecule has 4 heteroatoms. The molecule has 118 valence electrons. The minimum Gasteiger partial charge on any atom is -0.430 e. The highest BCUT2D eigenvalue weighted by Gasteiger charge is 2.51. The molecule has 3 saturated carbocycles. The highest BCUT2D eigenvalue weighted by atomic mass is 16.4. The van der Waals surface area contributed by atoms with Crippen LogP contribution in [-0.2, 0) is 0 Å². The average Bonchev–Trinajstić information content (AvgIpc) is 2.70. The van der Waals surface area contributed by atoms with Crippen molar-refractivity contribution in [3.05, 3.63) is 34.4 Å². The van der Waals surface area contributed by atoms with Crippen LogP contribution in [0.3, 0.4) is 0 Å². The molecule has 1 aromatic heterocycles. The van der Waals surface area contributed by atoms with Gasteiger partial charge in [-0.3, -0.25) is 4.79 Å². The predicted molar refractivity (Wildman–Crippen MR) is 82.4 cm³/mol. The van der Waals surface area contributed by atoms with Gasteiger partial charge in [0, 0.05) is 12.1 Å². The Kier molecular flexibility index (Phi) is 3.35. The molecule has 3 fully saturated rings. The summed E-state index contributed by atoms with van der Waals surface area (Å²) in [6, 6.07) is 3.02. The summed E-state index contributed by atoms with van der Waals surface area (Å²) in [5.74, 6) is 3.92. The van der Waals surface area contributed by atoms with E-state index in [0.29, 0.717) is 11.5 Å². The standard InChI is InChI=1S/C18H23NO3/c1-10(19-18(21)14-4-5-16(20)22-9-14)17-13-3-2-12-6-11(7-13)8-15(12)17/h4-5,9-13,15,17H,2-3,6-8H2,1H3,(H,19,21)/t10-,11-,12+,13-,15+,17-/m0/s1.